The Hall–Kier alpha value is -2.96. The maximum absolute atomic E-state index is 13.3. The average Bonchev–Trinajstić information content (AvgIpc) is 3.19. The molecule has 0 unspecified atom stereocenters. The van der Waals surface area contributed by atoms with Crippen molar-refractivity contribution >= 4 is 12.0 Å². The first-order chi connectivity index (χ1) is 13.5. The molecule has 0 fully saturated rings. The fourth-order valence-corrected chi connectivity index (χ4v) is 3.68. The Bertz CT molecular complexity index is 846. The van der Waals surface area contributed by atoms with Crippen LogP contribution in [0.1, 0.15) is 31.1 Å². The van der Waals surface area contributed by atoms with Crippen LogP contribution in [0.2, 0.25) is 0 Å². The Balaban J connectivity index is 1.97. The van der Waals surface area contributed by atoms with E-state index in [2.05, 4.69) is 4.57 Å². The van der Waals surface area contributed by atoms with Gasteiger partial charge in [-0.1, -0.05) is 18.2 Å². The van der Waals surface area contributed by atoms with E-state index < -0.39 is 6.09 Å². The molecule has 0 saturated carbocycles. The lowest BCUT2D eigenvalue weighted by Crippen LogP contribution is -2.49. The van der Waals surface area contributed by atoms with Crippen LogP contribution in [-0.4, -0.2) is 59.7 Å². The molecule has 7 heteroatoms. The first-order valence-electron chi connectivity index (χ1n) is 9.40. The van der Waals surface area contributed by atoms with Crippen molar-refractivity contribution in [1.29, 1.82) is 0 Å². The van der Waals surface area contributed by atoms with Crippen LogP contribution in [0.5, 0.6) is 5.75 Å². The lowest BCUT2D eigenvalue weighted by atomic mass is 9.98. The van der Waals surface area contributed by atoms with Crippen molar-refractivity contribution in [2.75, 3.05) is 27.3 Å². The maximum atomic E-state index is 13.3. The summed E-state index contributed by atoms with van der Waals surface area (Å²) in [6, 6.07) is 11.3. The van der Waals surface area contributed by atoms with Gasteiger partial charge in [0.05, 0.1) is 14.2 Å². The van der Waals surface area contributed by atoms with E-state index in [0.717, 1.165) is 17.0 Å². The largest absolute Gasteiger partial charge is 0.496 e. The zero-order valence-corrected chi connectivity index (χ0v) is 16.8. The highest BCUT2D eigenvalue weighted by Crippen LogP contribution is 2.37. The predicted molar refractivity (Wildman–Crippen MR) is 105 cm³/mol. The van der Waals surface area contributed by atoms with Crippen molar-refractivity contribution in [3.8, 4) is 5.75 Å². The SMILES string of the molecule is COC(=O)N(CC(=O)N1CCn2cccc2[C@H]1c1ccccc1OC)C(C)C. The zero-order valence-electron chi connectivity index (χ0n) is 16.8. The number of hydrogen-bond donors (Lipinski definition) is 0. The quantitative estimate of drug-likeness (QED) is 0.794. The predicted octanol–water partition coefficient (Wildman–Crippen LogP) is 2.91. The standard InChI is InChI=1S/C21H27N3O4/c1-15(2)24(21(26)28-4)14-19(25)23-13-12-22-11-7-9-17(22)20(23)16-8-5-6-10-18(16)27-3/h5-11,15,20H,12-14H2,1-4H3/t20-/m1/s1. The minimum absolute atomic E-state index is 0.0311. The second kappa shape index (κ2) is 8.37. The number of rotatable bonds is 5. The highest BCUT2D eigenvalue weighted by molar-refractivity contribution is 5.83. The number of para-hydroxylation sites is 1. The van der Waals surface area contributed by atoms with Crippen LogP contribution in [0.3, 0.4) is 0 Å². The minimum atomic E-state index is -0.502. The third kappa shape index (κ3) is 3.69. The number of ether oxygens (including phenoxy) is 2. The Morgan fingerprint density at radius 3 is 2.57 bits per heavy atom. The molecule has 1 atom stereocenters. The summed E-state index contributed by atoms with van der Waals surface area (Å²) in [6.07, 6.45) is 1.52. The van der Waals surface area contributed by atoms with Gasteiger partial charge in [-0.05, 0) is 32.0 Å². The Kier molecular flexibility index (Phi) is 5.92. The molecule has 0 aliphatic carbocycles. The number of carbonyl (C=O) groups is 2. The summed E-state index contributed by atoms with van der Waals surface area (Å²) < 4.78 is 12.6. The lowest BCUT2D eigenvalue weighted by molar-refractivity contribution is -0.135. The monoisotopic (exact) mass is 385 g/mol. The Labute approximate surface area is 165 Å². The molecule has 1 aromatic carbocycles. The first kappa shape index (κ1) is 19.8. The second-order valence-corrected chi connectivity index (χ2v) is 7.05. The van der Waals surface area contributed by atoms with E-state index in [0.29, 0.717) is 13.1 Å². The molecule has 28 heavy (non-hydrogen) atoms. The molecule has 0 saturated heterocycles. The van der Waals surface area contributed by atoms with Crippen molar-refractivity contribution in [3.05, 3.63) is 53.9 Å². The Morgan fingerprint density at radius 2 is 1.89 bits per heavy atom. The van der Waals surface area contributed by atoms with E-state index in [-0.39, 0.29) is 24.5 Å². The van der Waals surface area contributed by atoms with Crippen LogP contribution in [0.15, 0.2) is 42.6 Å². The molecule has 0 spiro atoms. The first-order valence-corrected chi connectivity index (χ1v) is 9.40. The molecular weight excluding hydrogens is 358 g/mol. The van der Waals surface area contributed by atoms with Gasteiger partial charge in [0.25, 0.3) is 0 Å². The van der Waals surface area contributed by atoms with E-state index in [1.807, 2.05) is 61.3 Å². The van der Waals surface area contributed by atoms with E-state index in [1.54, 1.807) is 7.11 Å². The molecule has 3 rings (SSSR count). The topological polar surface area (TPSA) is 64.0 Å². The number of benzene rings is 1. The van der Waals surface area contributed by atoms with Crippen LogP contribution in [0.4, 0.5) is 4.79 Å². The molecule has 2 heterocycles. The fourth-order valence-electron chi connectivity index (χ4n) is 3.68. The summed E-state index contributed by atoms with van der Waals surface area (Å²) in [7, 11) is 2.96. The number of fused-ring (bicyclic) bond motifs is 1. The summed E-state index contributed by atoms with van der Waals surface area (Å²) in [5, 5.41) is 0. The molecule has 150 valence electrons. The summed E-state index contributed by atoms with van der Waals surface area (Å²) in [5.41, 5.74) is 1.95. The van der Waals surface area contributed by atoms with Crippen LogP contribution >= 0.6 is 0 Å². The average molecular weight is 385 g/mol. The van der Waals surface area contributed by atoms with Gasteiger partial charge in [-0.25, -0.2) is 4.79 Å². The maximum Gasteiger partial charge on any atom is 0.410 e. The van der Waals surface area contributed by atoms with Crippen LogP contribution < -0.4 is 4.74 Å². The zero-order chi connectivity index (χ0) is 20.3. The molecule has 1 aliphatic heterocycles. The van der Waals surface area contributed by atoms with Crippen LogP contribution in [-0.2, 0) is 16.1 Å². The summed E-state index contributed by atoms with van der Waals surface area (Å²) in [6.45, 7) is 4.96. The summed E-state index contributed by atoms with van der Waals surface area (Å²) in [4.78, 5) is 28.6. The van der Waals surface area contributed by atoms with Gasteiger partial charge < -0.3 is 18.9 Å². The summed E-state index contributed by atoms with van der Waals surface area (Å²) in [5.74, 6) is 0.607. The smallest absolute Gasteiger partial charge is 0.410 e. The fraction of sp³-hybridized carbons (Fsp3) is 0.429. The molecule has 2 aromatic rings. The van der Waals surface area contributed by atoms with Crippen molar-refractivity contribution in [3.63, 3.8) is 0 Å². The van der Waals surface area contributed by atoms with Gasteiger partial charge in [-0.2, -0.15) is 0 Å². The second-order valence-electron chi connectivity index (χ2n) is 7.05. The number of hydrogen-bond acceptors (Lipinski definition) is 4. The van der Waals surface area contributed by atoms with Crippen LogP contribution in [0, 0.1) is 0 Å². The van der Waals surface area contributed by atoms with Gasteiger partial charge in [-0.15, -0.1) is 0 Å². The number of aromatic nitrogens is 1. The Morgan fingerprint density at radius 1 is 1.14 bits per heavy atom. The third-order valence-electron chi connectivity index (χ3n) is 5.13. The molecule has 1 aliphatic rings. The van der Waals surface area contributed by atoms with E-state index in [4.69, 9.17) is 9.47 Å². The van der Waals surface area contributed by atoms with Crippen molar-refractivity contribution in [1.82, 2.24) is 14.4 Å². The van der Waals surface area contributed by atoms with Gasteiger partial charge in [0.2, 0.25) is 5.91 Å². The highest BCUT2D eigenvalue weighted by atomic mass is 16.5. The minimum Gasteiger partial charge on any atom is -0.496 e. The van der Waals surface area contributed by atoms with Gasteiger partial charge >= 0.3 is 6.09 Å². The molecule has 0 bridgehead atoms. The molecule has 0 radical (unpaired) electrons. The van der Waals surface area contributed by atoms with Crippen molar-refractivity contribution < 1.29 is 19.1 Å². The van der Waals surface area contributed by atoms with Crippen LogP contribution in [0.25, 0.3) is 0 Å². The molecule has 0 N–H and O–H groups in total. The molecular formula is C21H27N3O4. The van der Waals surface area contributed by atoms with E-state index in [1.165, 1.54) is 12.0 Å². The normalized spacial score (nSPS) is 15.9. The van der Waals surface area contributed by atoms with E-state index >= 15 is 0 Å². The number of amides is 2. The van der Waals surface area contributed by atoms with Gasteiger partial charge in [0, 0.05) is 36.6 Å². The summed E-state index contributed by atoms with van der Waals surface area (Å²) >= 11 is 0. The highest BCUT2D eigenvalue weighted by Gasteiger charge is 2.35. The molecule has 7 nitrogen and oxygen atoms in total. The number of carbonyl (C=O) groups excluding carboxylic acids is 2. The van der Waals surface area contributed by atoms with Gasteiger partial charge in [0.15, 0.2) is 0 Å². The van der Waals surface area contributed by atoms with E-state index in [9.17, 15) is 9.59 Å². The molecule has 2 amide bonds. The molecule has 1 aromatic heterocycles. The van der Waals surface area contributed by atoms with Gasteiger partial charge in [0.1, 0.15) is 18.3 Å². The van der Waals surface area contributed by atoms with Gasteiger partial charge in [-0.3, -0.25) is 9.69 Å². The lowest BCUT2D eigenvalue weighted by Gasteiger charge is -2.39. The van der Waals surface area contributed by atoms with Crippen molar-refractivity contribution in [2.45, 2.75) is 32.5 Å². The number of nitrogens with zero attached hydrogens (tertiary/aromatic N) is 3. The third-order valence-corrected chi connectivity index (χ3v) is 5.13. The van der Waals surface area contributed by atoms with Crippen molar-refractivity contribution in [2.24, 2.45) is 0 Å². The number of methoxy groups -OCH3 is 2.